The molecule has 0 saturated carbocycles. The van der Waals surface area contributed by atoms with Crippen LogP contribution in [0.2, 0.25) is 0 Å². The van der Waals surface area contributed by atoms with Crippen molar-refractivity contribution >= 4 is 20.8 Å². The number of hydrogen-bond acceptors (Lipinski definition) is 3. The van der Waals surface area contributed by atoms with Gasteiger partial charge in [-0.25, -0.2) is 8.42 Å². The maximum absolute atomic E-state index is 12.6. The summed E-state index contributed by atoms with van der Waals surface area (Å²) >= 11 is 0. The van der Waals surface area contributed by atoms with Crippen molar-refractivity contribution in [1.82, 2.24) is 4.72 Å². The highest BCUT2D eigenvalue weighted by molar-refractivity contribution is 8.00. The van der Waals surface area contributed by atoms with Crippen molar-refractivity contribution < 1.29 is 8.42 Å². The number of rotatable bonds is 3. The van der Waals surface area contributed by atoms with Gasteiger partial charge in [-0.3, -0.25) is 9.71 Å². The van der Waals surface area contributed by atoms with Gasteiger partial charge in [0.15, 0.2) is 0 Å². The van der Waals surface area contributed by atoms with Gasteiger partial charge in [-0.15, -0.1) is 0 Å². The molecule has 130 valence electrons. The van der Waals surface area contributed by atoms with Crippen molar-refractivity contribution in [3.05, 3.63) is 76.4 Å². The molecule has 0 fully saturated rings. The predicted molar refractivity (Wildman–Crippen MR) is 103 cm³/mol. The molecule has 25 heavy (non-hydrogen) atoms. The first kappa shape index (κ1) is 17.4. The molecule has 0 aromatic heterocycles. The minimum atomic E-state index is -3.60. The van der Waals surface area contributed by atoms with E-state index >= 15 is 0 Å². The van der Waals surface area contributed by atoms with Crippen molar-refractivity contribution in [3.63, 3.8) is 0 Å². The quantitative estimate of drug-likeness (QED) is 0.901. The summed E-state index contributed by atoms with van der Waals surface area (Å²) in [4.78, 5) is 4.92. The van der Waals surface area contributed by atoms with Crippen LogP contribution >= 0.6 is 0 Å². The van der Waals surface area contributed by atoms with Crippen LogP contribution in [0.15, 0.2) is 59.1 Å². The molecule has 5 heteroatoms. The Kier molecular flexibility index (Phi) is 4.52. The lowest BCUT2D eigenvalue weighted by molar-refractivity contribution is 0.603. The molecule has 4 nitrogen and oxygen atoms in total. The third-order valence-corrected chi connectivity index (χ3v) is 6.11. The van der Waals surface area contributed by atoms with Gasteiger partial charge in [-0.2, -0.15) is 0 Å². The van der Waals surface area contributed by atoms with Gasteiger partial charge in [0, 0.05) is 5.57 Å². The van der Waals surface area contributed by atoms with Crippen molar-refractivity contribution in [2.75, 3.05) is 0 Å². The lowest BCUT2D eigenvalue weighted by Gasteiger charge is -2.08. The molecule has 0 aliphatic carbocycles. The predicted octanol–water partition coefficient (Wildman–Crippen LogP) is 4.13. The lowest BCUT2D eigenvalue weighted by atomic mass is 10.0. The first-order valence-electron chi connectivity index (χ1n) is 8.24. The zero-order valence-corrected chi connectivity index (χ0v) is 15.7. The molecule has 3 rings (SSSR count). The molecule has 2 aromatic rings. The van der Waals surface area contributed by atoms with Gasteiger partial charge in [0.05, 0.1) is 6.04 Å². The SMILES string of the molecule is CC1=C(c2ccc(C)c(C)c2)S(=O)(=O)NC1=NC(C)c1ccccc1. The standard InChI is InChI=1S/C20H22N2O2S/c1-13-10-11-18(12-14(13)2)19-15(3)20(22-25(19,23)24)21-16(4)17-8-6-5-7-9-17/h5-12,16H,1-4H3,(H,21,22). The van der Waals surface area contributed by atoms with Gasteiger partial charge in [0.2, 0.25) is 0 Å². The highest BCUT2D eigenvalue weighted by Crippen LogP contribution is 2.32. The normalized spacial score (nSPS) is 19.1. The molecule has 1 aliphatic rings. The molecular weight excluding hydrogens is 332 g/mol. The number of nitrogens with zero attached hydrogens (tertiary/aromatic N) is 1. The van der Waals surface area contributed by atoms with E-state index < -0.39 is 10.0 Å². The van der Waals surface area contributed by atoms with Crippen LogP contribution in [-0.4, -0.2) is 14.3 Å². The number of aliphatic imine (C=N–C) groups is 1. The Hall–Kier alpha value is -2.40. The molecule has 0 bridgehead atoms. The van der Waals surface area contributed by atoms with E-state index in [9.17, 15) is 8.42 Å². The van der Waals surface area contributed by atoms with E-state index in [1.54, 1.807) is 6.92 Å². The fourth-order valence-corrected chi connectivity index (χ4v) is 4.44. The third kappa shape index (κ3) is 3.37. The van der Waals surface area contributed by atoms with Crippen LogP contribution in [-0.2, 0) is 10.0 Å². The number of nitrogens with one attached hydrogen (secondary N) is 1. The molecule has 1 aliphatic heterocycles. The minimum absolute atomic E-state index is 0.132. The Bertz CT molecular complexity index is 974. The van der Waals surface area contributed by atoms with Crippen LogP contribution in [0.3, 0.4) is 0 Å². The smallest absolute Gasteiger partial charge is 0.263 e. The maximum atomic E-state index is 12.6. The van der Waals surface area contributed by atoms with E-state index in [2.05, 4.69) is 9.71 Å². The first-order valence-corrected chi connectivity index (χ1v) is 9.72. The van der Waals surface area contributed by atoms with E-state index in [1.165, 1.54) is 0 Å². The van der Waals surface area contributed by atoms with Crippen LogP contribution < -0.4 is 4.72 Å². The molecule has 1 atom stereocenters. The fourth-order valence-electron chi connectivity index (χ4n) is 2.94. The first-order chi connectivity index (χ1) is 11.8. The zero-order chi connectivity index (χ0) is 18.2. The van der Waals surface area contributed by atoms with Crippen LogP contribution in [0.25, 0.3) is 4.91 Å². The Balaban J connectivity index is 2.05. The van der Waals surface area contributed by atoms with Gasteiger partial charge in [-0.05, 0) is 49.9 Å². The molecule has 0 amide bonds. The highest BCUT2D eigenvalue weighted by Gasteiger charge is 2.33. The molecule has 0 radical (unpaired) electrons. The van der Waals surface area contributed by atoms with Gasteiger partial charge in [0.1, 0.15) is 10.7 Å². The van der Waals surface area contributed by atoms with Crippen LogP contribution in [0.4, 0.5) is 0 Å². The Morgan fingerprint density at radius 1 is 0.960 bits per heavy atom. The molecule has 0 spiro atoms. The van der Waals surface area contributed by atoms with E-state index in [4.69, 9.17) is 0 Å². The van der Waals surface area contributed by atoms with Crippen molar-refractivity contribution in [2.45, 2.75) is 33.7 Å². The van der Waals surface area contributed by atoms with Gasteiger partial charge >= 0.3 is 0 Å². The molecular formula is C20H22N2O2S. The monoisotopic (exact) mass is 354 g/mol. The second kappa shape index (κ2) is 6.48. The number of amidine groups is 1. The summed E-state index contributed by atoms with van der Waals surface area (Å²) in [5, 5.41) is 0. The molecule has 1 N–H and O–H groups in total. The van der Waals surface area contributed by atoms with Crippen molar-refractivity contribution in [1.29, 1.82) is 0 Å². The average Bonchev–Trinajstić information content (AvgIpc) is 2.80. The number of aryl methyl sites for hydroxylation is 2. The molecule has 2 aromatic carbocycles. The third-order valence-electron chi connectivity index (χ3n) is 4.57. The van der Waals surface area contributed by atoms with Gasteiger partial charge in [0.25, 0.3) is 10.0 Å². The second-order valence-corrected chi connectivity index (χ2v) is 8.04. The Labute approximate surface area is 149 Å². The molecule has 1 unspecified atom stereocenters. The molecule has 0 saturated heterocycles. The number of sulfonamides is 1. The van der Waals surface area contributed by atoms with Gasteiger partial charge in [-0.1, -0.05) is 48.5 Å². The largest absolute Gasteiger partial charge is 0.264 e. The van der Waals surface area contributed by atoms with E-state index in [0.717, 1.165) is 16.7 Å². The van der Waals surface area contributed by atoms with Crippen molar-refractivity contribution in [3.8, 4) is 0 Å². The summed E-state index contributed by atoms with van der Waals surface area (Å²) in [5.74, 6) is 0.421. The summed E-state index contributed by atoms with van der Waals surface area (Å²) in [6.07, 6.45) is 0. The Morgan fingerprint density at radius 2 is 1.64 bits per heavy atom. The van der Waals surface area contributed by atoms with Crippen LogP contribution in [0, 0.1) is 13.8 Å². The van der Waals surface area contributed by atoms with E-state index in [1.807, 2.05) is 69.3 Å². The summed E-state index contributed by atoms with van der Waals surface area (Å²) in [7, 11) is -3.60. The zero-order valence-electron chi connectivity index (χ0n) is 14.9. The minimum Gasteiger partial charge on any atom is -0.263 e. The average molecular weight is 354 g/mol. The molecule has 1 heterocycles. The highest BCUT2D eigenvalue weighted by atomic mass is 32.2. The number of hydrogen-bond donors (Lipinski definition) is 1. The fraction of sp³-hybridized carbons (Fsp3) is 0.250. The Morgan fingerprint density at radius 3 is 2.28 bits per heavy atom. The topological polar surface area (TPSA) is 58.5 Å². The van der Waals surface area contributed by atoms with Crippen LogP contribution in [0.5, 0.6) is 0 Å². The van der Waals surface area contributed by atoms with Gasteiger partial charge < -0.3 is 0 Å². The van der Waals surface area contributed by atoms with Crippen LogP contribution in [0.1, 0.15) is 42.1 Å². The van der Waals surface area contributed by atoms with E-state index in [0.29, 0.717) is 21.9 Å². The lowest BCUT2D eigenvalue weighted by Crippen LogP contribution is -2.24. The summed E-state index contributed by atoms with van der Waals surface area (Å²) in [5.41, 5.74) is 4.60. The summed E-state index contributed by atoms with van der Waals surface area (Å²) in [6.45, 7) is 7.75. The second-order valence-electron chi connectivity index (χ2n) is 6.42. The summed E-state index contributed by atoms with van der Waals surface area (Å²) < 4.78 is 27.9. The number of benzene rings is 2. The summed E-state index contributed by atoms with van der Waals surface area (Å²) in [6, 6.07) is 15.4. The van der Waals surface area contributed by atoms with Crippen molar-refractivity contribution in [2.24, 2.45) is 4.99 Å². The maximum Gasteiger partial charge on any atom is 0.264 e. The van der Waals surface area contributed by atoms with E-state index in [-0.39, 0.29) is 6.04 Å².